The summed E-state index contributed by atoms with van der Waals surface area (Å²) >= 11 is 0. The van der Waals surface area contributed by atoms with E-state index in [2.05, 4.69) is 26.0 Å². The highest BCUT2D eigenvalue weighted by Gasteiger charge is 2.35. The number of benzene rings is 2. The van der Waals surface area contributed by atoms with E-state index in [-0.39, 0.29) is 0 Å². The standard InChI is InChI=1S/C25H19N5O3/c31-24-22(26-23(33-24)18-5-3-4-15-13-32-14-19(15)18)12-29-8-16-10-30(11-17(16)9-29)25-27-20-6-1-2-7-21(20)28-25/h1-7,10,12-14,17H,8-9,11H2,(H,27,28). The maximum Gasteiger partial charge on any atom is 0.365 e. The van der Waals surface area contributed by atoms with Crippen LogP contribution in [0.3, 0.4) is 0 Å². The molecule has 162 valence electrons. The van der Waals surface area contributed by atoms with Crippen LogP contribution in [0, 0.1) is 5.92 Å². The lowest BCUT2D eigenvalue weighted by Crippen LogP contribution is -2.23. The van der Waals surface area contributed by atoms with E-state index in [1.807, 2.05) is 48.7 Å². The van der Waals surface area contributed by atoms with Crippen molar-refractivity contribution in [2.45, 2.75) is 0 Å². The number of para-hydroxylation sites is 2. The molecule has 8 nitrogen and oxygen atoms in total. The van der Waals surface area contributed by atoms with Crippen molar-refractivity contribution in [2.75, 3.05) is 24.5 Å². The van der Waals surface area contributed by atoms with Gasteiger partial charge in [0, 0.05) is 54.3 Å². The Labute approximate surface area is 188 Å². The molecule has 7 rings (SSSR count). The number of carbonyl (C=O) groups excluding carboxylic acids is 1. The largest absolute Gasteiger partial charge is 0.471 e. The molecule has 0 saturated carbocycles. The Kier molecular flexibility index (Phi) is 3.78. The van der Waals surface area contributed by atoms with E-state index in [1.165, 1.54) is 5.57 Å². The number of hydrogen-bond donors (Lipinski definition) is 1. The van der Waals surface area contributed by atoms with Crippen LogP contribution < -0.4 is 4.90 Å². The molecule has 2 aromatic heterocycles. The fourth-order valence-corrected chi connectivity index (χ4v) is 4.83. The Morgan fingerprint density at radius 1 is 1.09 bits per heavy atom. The Morgan fingerprint density at radius 2 is 2.03 bits per heavy atom. The minimum absolute atomic E-state index is 0.313. The number of nitrogens with zero attached hydrogens (tertiary/aromatic N) is 4. The second-order valence-electron chi connectivity index (χ2n) is 8.56. The number of furan rings is 1. The van der Waals surface area contributed by atoms with Gasteiger partial charge in [0.25, 0.3) is 0 Å². The number of H-pyrrole nitrogens is 1. The van der Waals surface area contributed by atoms with E-state index in [4.69, 9.17) is 14.1 Å². The Balaban J connectivity index is 1.12. The van der Waals surface area contributed by atoms with Crippen molar-refractivity contribution in [3.05, 3.63) is 84.2 Å². The van der Waals surface area contributed by atoms with Crippen LogP contribution >= 0.6 is 0 Å². The molecule has 1 saturated heterocycles. The molecule has 0 bridgehead atoms. The summed E-state index contributed by atoms with van der Waals surface area (Å²) in [7, 11) is 0. The van der Waals surface area contributed by atoms with E-state index in [1.54, 1.807) is 12.5 Å². The van der Waals surface area contributed by atoms with Gasteiger partial charge in [-0.1, -0.05) is 24.3 Å². The number of ether oxygens (including phenoxy) is 1. The molecule has 1 unspecified atom stereocenters. The van der Waals surface area contributed by atoms with Gasteiger partial charge < -0.3 is 23.9 Å². The highest BCUT2D eigenvalue weighted by atomic mass is 16.6. The molecule has 0 aliphatic carbocycles. The molecule has 5 heterocycles. The molecule has 1 atom stereocenters. The normalized spacial score (nSPS) is 21.3. The first-order valence-corrected chi connectivity index (χ1v) is 10.9. The number of imidazole rings is 1. The van der Waals surface area contributed by atoms with Gasteiger partial charge in [-0.3, -0.25) is 0 Å². The predicted molar refractivity (Wildman–Crippen MR) is 124 cm³/mol. The minimum Gasteiger partial charge on any atom is -0.471 e. The van der Waals surface area contributed by atoms with E-state index in [9.17, 15) is 4.79 Å². The lowest BCUT2D eigenvalue weighted by molar-refractivity contribution is -0.130. The number of likely N-dealkylation sites (tertiary alicyclic amines) is 1. The average molecular weight is 437 g/mol. The Bertz CT molecular complexity index is 1490. The molecule has 0 spiro atoms. The number of aromatic amines is 1. The number of rotatable bonds is 3. The minimum atomic E-state index is -0.430. The zero-order valence-electron chi connectivity index (χ0n) is 17.6. The van der Waals surface area contributed by atoms with Crippen LogP contribution in [0.15, 0.2) is 88.1 Å². The zero-order valence-corrected chi connectivity index (χ0v) is 17.6. The smallest absolute Gasteiger partial charge is 0.365 e. The van der Waals surface area contributed by atoms with E-state index in [0.29, 0.717) is 17.5 Å². The number of fused-ring (bicyclic) bond motifs is 3. The fourth-order valence-electron chi connectivity index (χ4n) is 4.83. The number of aliphatic imine (C=N–C) groups is 1. The number of anilines is 1. The number of esters is 1. The lowest BCUT2D eigenvalue weighted by Gasteiger charge is -2.17. The molecule has 2 aromatic carbocycles. The van der Waals surface area contributed by atoms with Crippen LogP contribution in [0.2, 0.25) is 0 Å². The zero-order chi connectivity index (χ0) is 21.9. The Hall–Kier alpha value is -4.33. The highest BCUT2D eigenvalue weighted by molar-refractivity contribution is 6.16. The first-order valence-electron chi connectivity index (χ1n) is 10.9. The molecular weight excluding hydrogens is 418 g/mol. The number of aromatic nitrogens is 2. The van der Waals surface area contributed by atoms with E-state index < -0.39 is 5.97 Å². The van der Waals surface area contributed by atoms with Crippen LogP contribution in [0.4, 0.5) is 5.95 Å². The van der Waals surface area contributed by atoms with Gasteiger partial charge in [0.15, 0.2) is 5.70 Å². The van der Waals surface area contributed by atoms with Gasteiger partial charge in [-0.2, -0.15) is 0 Å². The molecule has 1 N–H and O–H groups in total. The third kappa shape index (κ3) is 2.95. The van der Waals surface area contributed by atoms with Crippen molar-refractivity contribution in [2.24, 2.45) is 10.9 Å². The Morgan fingerprint density at radius 3 is 2.94 bits per heavy atom. The summed E-state index contributed by atoms with van der Waals surface area (Å²) in [5.41, 5.74) is 4.40. The molecule has 0 amide bonds. The molecule has 33 heavy (non-hydrogen) atoms. The quantitative estimate of drug-likeness (QED) is 0.388. The lowest BCUT2D eigenvalue weighted by atomic mass is 10.1. The fraction of sp³-hybridized carbons (Fsp3) is 0.160. The molecule has 3 aliphatic heterocycles. The summed E-state index contributed by atoms with van der Waals surface area (Å²) in [6.45, 7) is 2.43. The number of cyclic esters (lactones) is 1. The van der Waals surface area contributed by atoms with Gasteiger partial charge in [0.1, 0.15) is 0 Å². The molecule has 1 fully saturated rings. The van der Waals surface area contributed by atoms with Crippen molar-refractivity contribution in [3.8, 4) is 0 Å². The van der Waals surface area contributed by atoms with E-state index in [0.717, 1.165) is 53.0 Å². The van der Waals surface area contributed by atoms with Crippen molar-refractivity contribution in [3.63, 3.8) is 0 Å². The van der Waals surface area contributed by atoms with Gasteiger partial charge >= 0.3 is 5.97 Å². The predicted octanol–water partition coefficient (Wildman–Crippen LogP) is 3.79. The van der Waals surface area contributed by atoms with Gasteiger partial charge in [-0.05, 0) is 23.8 Å². The second kappa shape index (κ2) is 6.83. The van der Waals surface area contributed by atoms with Crippen LogP contribution in [-0.4, -0.2) is 46.4 Å². The summed E-state index contributed by atoms with van der Waals surface area (Å²) in [4.78, 5) is 29.4. The third-order valence-electron chi connectivity index (χ3n) is 6.43. The van der Waals surface area contributed by atoms with Crippen molar-refractivity contribution in [1.82, 2.24) is 14.9 Å². The third-order valence-corrected chi connectivity index (χ3v) is 6.43. The highest BCUT2D eigenvalue weighted by Crippen LogP contribution is 2.33. The van der Waals surface area contributed by atoms with Crippen LogP contribution in [0.5, 0.6) is 0 Å². The first-order chi connectivity index (χ1) is 16.2. The van der Waals surface area contributed by atoms with E-state index >= 15 is 0 Å². The molecular formula is C25H19N5O3. The number of nitrogens with one attached hydrogen (secondary N) is 1. The van der Waals surface area contributed by atoms with Crippen LogP contribution in [-0.2, 0) is 9.53 Å². The molecule has 0 radical (unpaired) electrons. The number of hydrogen-bond acceptors (Lipinski definition) is 7. The molecule has 8 heteroatoms. The van der Waals surface area contributed by atoms with Crippen LogP contribution in [0.25, 0.3) is 21.8 Å². The van der Waals surface area contributed by atoms with Crippen LogP contribution in [0.1, 0.15) is 5.56 Å². The van der Waals surface area contributed by atoms with Crippen molar-refractivity contribution >= 4 is 39.6 Å². The maximum atomic E-state index is 12.5. The summed E-state index contributed by atoms with van der Waals surface area (Å²) in [5.74, 6) is 1.13. The molecule has 4 aromatic rings. The average Bonchev–Trinajstić information content (AvgIpc) is 3.61. The summed E-state index contributed by atoms with van der Waals surface area (Å²) in [5, 5.41) is 1.81. The van der Waals surface area contributed by atoms with Gasteiger partial charge in [-0.25, -0.2) is 14.8 Å². The summed E-state index contributed by atoms with van der Waals surface area (Å²) in [6.07, 6.45) is 7.29. The number of carbonyl (C=O) groups is 1. The molecule has 3 aliphatic rings. The van der Waals surface area contributed by atoms with Crippen molar-refractivity contribution < 1.29 is 13.9 Å². The SMILES string of the molecule is O=C1OC(c2cccc3cocc23)=NC1=CN1CC2=CN(c3nc4ccccc4[nH]3)CC2C1. The summed E-state index contributed by atoms with van der Waals surface area (Å²) < 4.78 is 10.8. The van der Waals surface area contributed by atoms with Crippen molar-refractivity contribution in [1.29, 1.82) is 0 Å². The topological polar surface area (TPSA) is 87.0 Å². The van der Waals surface area contributed by atoms with Gasteiger partial charge in [0.2, 0.25) is 11.8 Å². The monoisotopic (exact) mass is 437 g/mol. The summed E-state index contributed by atoms with van der Waals surface area (Å²) in [6, 6.07) is 13.8. The first kappa shape index (κ1) is 18.3. The van der Waals surface area contributed by atoms with Gasteiger partial charge in [0.05, 0.1) is 23.6 Å². The second-order valence-corrected chi connectivity index (χ2v) is 8.56. The maximum absolute atomic E-state index is 12.5. The van der Waals surface area contributed by atoms with Gasteiger partial charge in [-0.15, -0.1) is 0 Å².